The van der Waals surface area contributed by atoms with E-state index < -0.39 is 17.4 Å². The highest BCUT2D eigenvalue weighted by Crippen LogP contribution is 2.47. The van der Waals surface area contributed by atoms with Crippen molar-refractivity contribution in [2.75, 3.05) is 23.9 Å². The number of rotatable bonds is 11. The minimum atomic E-state index is -1.92. The standard InChI is InChI=1S/C42H42N4O6/c1-27(9-7-16-40(49)45-25-30-12-4-3-11-29(30)20-33(45)26-47)42(51)36-22-34(52-2)17-18-38(36)46(41(42)50)24-28-10-8-13-32(19-28)44-39(48)21-31-23-43-37-15-6-5-14-35(31)37/h3-15,17-19,22-23,27,33,43,47,51H,16,20-21,24-26H2,1-2H3,(H,44,48)/b9-7+/t27-,33-,42+/m0/s1. The molecule has 0 bridgehead atoms. The molecule has 0 radical (unpaired) electrons. The van der Waals surface area contributed by atoms with E-state index in [2.05, 4.69) is 10.3 Å². The molecule has 4 aromatic carbocycles. The van der Waals surface area contributed by atoms with E-state index in [0.717, 1.165) is 33.2 Å². The summed E-state index contributed by atoms with van der Waals surface area (Å²) >= 11 is 0. The van der Waals surface area contributed by atoms with Gasteiger partial charge in [0.1, 0.15) is 5.75 Å². The van der Waals surface area contributed by atoms with Crippen molar-refractivity contribution in [3.8, 4) is 5.75 Å². The highest BCUT2D eigenvalue weighted by atomic mass is 16.5. The normalized spacial score (nSPS) is 18.8. The van der Waals surface area contributed by atoms with Crippen LogP contribution in [0.1, 0.15) is 41.2 Å². The van der Waals surface area contributed by atoms with Gasteiger partial charge in [-0.1, -0.05) is 73.7 Å². The highest BCUT2D eigenvalue weighted by Gasteiger charge is 2.52. The second-order valence-corrected chi connectivity index (χ2v) is 13.6. The number of benzene rings is 4. The third kappa shape index (κ3) is 6.58. The van der Waals surface area contributed by atoms with Gasteiger partial charge in [0, 0.05) is 47.2 Å². The summed E-state index contributed by atoms with van der Waals surface area (Å²) in [4.78, 5) is 47.1. The Hall–Kier alpha value is -5.71. The van der Waals surface area contributed by atoms with Gasteiger partial charge in [-0.3, -0.25) is 14.4 Å². The average molecular weight is 699 g/mol. The first-order valence-corrected chi connectivity index (χ1v) is 17.5. The van der Waals surface area contributed by atoms with E-state index >= 15 is 0 Å². The Morgan fingerprint density at radius 1 is 1.04 bits per heavy atom. The van der Waals surface area contributed by atoms with E-state index in [1.54, 1.807) is 53.1 Å². The number of carbonyl (C=O) groups excluding carboxylic acids is 3. The van der Waals surface area contributed by atoms with Crippen molar-refractivity contribution in [1.82, 2.24) is 9.88 Å². The first-order chi connectivity index (χ1) is 25.2. The number of hydrogen-bond acceptors (Lipinski definition) is 6. The summed E-state index contributed by atoms with van der Waals surface area (Å²) in [6.07, 6.45) is 6.09. The number of anilines is 2. The van der Waals surface area contributed by atoms with Crippen molar-refractivity contribution in [3.63, 3.8) is 0 Å². The number of H-pyrrole nitrogens is 1. The van der Waals surface area contributed by atoms with Crippen LogP contribution in [-0.2, 0) is 45.9 Å². The Balaban J connectivity index is 1.06. The molecule has 4 N–H and O–H groups in total. The summed E-state index contributed by atoms with van der Waals surface area (Å²) < 4.78 is 5.47. The number of carbonyl (C=O) groups is 3. The third-order valence-electron chi connectivity index (χ3n) is 10.3. The molecule has 3 heterocycles. The minimum Gasteiger partial charge on any atom is -0.497 e. The molecule has 266 valence electrons. The van der Waals surface area contributed by atoms with E-state index in [-0.39, 0.29) is 43.8 Å². The number of methoxy groups -OCH3 is 1. The molecule has 10 heteroatoms. The Morgan fingerprint density at radius 3 is 2.63 bits per heavy atom. The number of hydrogen-bond donors (Lipinski definition) is 4. The number of aliphatic hydroxyl groups is 2. The molecule has 0 aliphatic carbocycles. The summed E-state index contributed by atoms with van der Waals surface area (Å²) in [5, 5.41) is 26.3. The van der Waals surface area contributed by atoms with Crippen molar-refractivity contribution in [2.45, 2.75) is 50.9 Å². The Bertz CT molecular complexity index is 2170. The van der Waals surface area contributed by atoms with Crippen molar-refractivity contribution in [3.05, 3.63) is 137 Å². The van der Waals surface area contributed by atoms with Gasteiger partial charge >= 0.3 is 0 Å². The molecule has 0 saturated heterocycles. The van der Waals surface area contributed by atoms with Gasteiger partial charge in [-0.25, -0.2) is 0 Å². The first-order valence-electron chi connectivity index (χ1n) is 17.5. The van der Waals surface area contributed by atoms with Crippen molar-refractivity contribution >= 4 is 40.0 Å². The van der Waals surface area contributed by atoms with Crippen molar-refractivity contribution < 1.29 is 29.3 Å². The summed E-state index contributed by atoms with van der Waals surface area (Å²) in [5.41, 5.74) is 4.47. The van der Waals surface area contributed by atoms with Gasteiger partial charge in [-0.2, -0.15) is 0 Å². The lowest BCUT2D eigenvalue weighted by Gasteiger charge is -2.36. The molecule has 0 fully saturated rings. The second kappa shape index (κ2) is 14.5. The van der Waals surface area contributed by atoms with Gasteiger partial charge in [-0.15, -0.1) is 0 Å². The lowest BCUT2D eigenvalue weighted by molar-refractivity contribution is -0.139. The highest BCUT2D eigenvalue weighted by molar-refractivity contribution is 6.07. The zero-order valence-corrected chi connectivity index (χ0v) is 29.2. The number of aromatic amines is 1. The first kappa shape index (κ1) is 34.7. The fourth-order valence-corrected chi connectivity index (χ4v) is 7.47. The van der Waals surface area contributed by atoms with Crippen LogP contribution in [0.3, 0.4) is 0 Å². The van der Waals surface area contributed by atoms with Crippen LogP contribution < -0.4 is 15.0 Å². The molecule has 52 heavy (non-hydrogen) atoms. The van der Waals surface area contributed by atoms with E-state index in [4.69, 9.17) is 4.74 Å². The molecule has 10 nitrogen and oxygen atoms in total. The third-order valence-corrected chi connectivity index (χ3v) is 10.3. The molecule has 2 aliphatic rings. The number of ether oxygens (including phenoxy) is 1. The largest absolute Gasteiger partial charge is 0.497 e. The lowest BCUT2D eigenvalue weighted by Crippen LogP contribution is -2.46. The number of aliphatic hydroxyl groups excluding tert-OH is 1. The Labute approximate surface area is 302 Å². The molecule has 3 atom stereocenters. The summed E-state index contributed by atoms with van der Waals surface area (Å²) in [5.74, 6) is -1.00. The smallest absolute Gasteiger partial charge is 0.264 e. The molecule has 0 spiro atoms. The van der Waals surface area contributed by atoms with Gasteiger partial charge in [0.25, 0.3) is 5.91 Å². The Kier molecular flexibility index (Phi) is 9.68. The Morgan fingerprint density at radius 2 is 1.83 bits per heavy atom. The maximum Gasteiger partial charge on any atom is 0.264 e. The van der Waals surface area contributed by atoms with Crippen LogP contribution in [0.5, 0.6) is 5.75 Å². The van der Waals surface area contributed by atoms with E-state index in [0.29, 0.717) is 35.7 Å². The van der Waals surface area contributed by atoms with Gasteiger partial charge < -0.3 is 35.1 Å². The molecule has 2 aliphatic heterocycles. The molecule has 1 aromatic heterocycles. The monoisotopic (exact) mass is 698 g/mol. The van der Waals surface area contributed by atoms with E-state index in [1.165, 1.54) is 7.11 Å². The molecule has 5 aromatic rings. The summed E-state index contributed by atoms with van der Waals surface area (Å²) in [6.45, 7) is 2.19. The fraction of sp³-hybridized carbons (Fsp3) is 0.262. The van der Waals surface area contributed by atoms with Gasteiger partial charge in [-0.05, 0) is 65.1 Å². The minimum absolute atomic E-state index is 0.0563. The number of nitrogens with one attached hydrogen (secondary N) is 2. The predicted octanol–water partition coefficient (Wildman–Crippen LogP) is 5.62. The molecule has 0 saturated carbocycles. The zero-order chi connectivity index (χ0) is 36.4. The summed E-state index contributed by atoms with van der Waals surface area (Å²) in [6, 6.07) is 28.0. The molecule has 7 rings (SSSR count). The van der Waals surface area contributed by atoms with E-state index in [1.807, 2.05) is 72.9 Å². The maximum absolute atomic E-state index is 14.2. The van der Waals surface area contributed by atoms with Crippen LogP contribution in [0.4, 0.5) is 11.4 Å². The fourth-order valence-electron chi connectivity index (χ4n) is 7.47. The van der Waals surface area contributed by atoms with Gasteiger partial charge in [0.15, 0.2) is 5.60 Å². The molecule has 3 amide bonds. The predicted molar refractivity (Wildman–Crippen MR) is 200 cm³/mol. The number of aromatic nitrogens is 1. The quantitative estimate of drug-likeness (QED) is 0.132. The van der Waals surface area contributed by atoms with Crippen LogP contribution in [0.15, 0.2) is 109 Å². The SMILES string of the molecule is COc1ccc2c(c1)[C@](O)([C@@H](C)/C=C/CC(=O)N1Cc3ccccc3C[C@H]1CO)C(=O)N2Cc1cccc(NC(=O)Cc2c[nH]c3ccccc23)c1. The van der Waals surface area contributed by atoms with Crippen LogP contribution >= 0.6 is 0 Å². The maximum atomic E-state index is 14.2. The summed E-state index contributed by atoms with van der Waals surface area (Å²) in [7, 11) is 1.53. The number of para-hydroxylation sites is 1. The zero-order valence-electron chi connectivity index (χ0n) is 29.2. The van der Waals surface area contributed by atoms with Crippen molar-refractivity contribution in [1.29, 1.82) is 0 Å². The van der Waals surface area contributed by atoms with Crippen LogP contribution in [0.2, 0.25) is 0 Å². The van der Waals surface area contributed by atoms with Gasteiger partial charge in [0.2, 0.25) is 11.8 Å². The molecular formula is C42H42N4O6. The van der Waals surface area contributed by atoms with Crippen LogP contribution in [0.25, 0.3) is 10.9 Å². The second-order valence-electron chi connectivity index (χ2n) is 13.6. The van der Waals surface area contributed by atoms with Gasteiger partial charge in [0.05, 0.1) is 38.4 Å². The van der Waals surface area contributed by atoms with E-state index in [9.17, 15) is 24.6 Å². The molecular weight excluding hydrogens is 656 g/mol. The number of amides is 3. The van der Waals surface area contributed by atoms with Crippen LogP contribution in [-0.4, -0.2) is 57.6 Å². The molecule has 0 unspecified atom stereocenters. The number of nitrogens with zero attached hydrogens (tertiary/aromatic N) is 2. The van der Waals surface area contributed by atoms with Crippen molar-refractivity contribution in [2.24, 2.45) is 5.92 Å². The number of fused-ring (bicyclic) bond motifs is 3. The average Bonchev–Trinajstić information content (AvgIpc) is 3.66. The lowest BCUT2D eigenvalue weighted by atomic mass is 9.82. The van der Waals surface area contributed by atoms with Crippen LogP contribution in [0, 0.1) is 5.92 Å². The topological polar surface area (TPSA) is 135 Å².